The first-order valence-corrected chi connectivity index (χ1v) is 6.78. The Morgan fingerprint density at radius 1 is 1.33 bits per heavy atom. The third kappa shape index (κ3) is 3.22. The van der Waals surface area contributed by atoms with E-state index in [1.54, 1.807) is 12.1 Å². The predicted molar refractivity (Wildman–Crippen MR) is 71.4 cm³/mol. The van der Waals surface area contributed by atoms with Crippen LogP contribution < -0.4 is 10.1 Å². The third-order valence-electron chi connectivity index (χ3n) is 3.56. The van der Waals surface area contributed by atoms with Crippen LogP contribution in [0.2, 0.25) is 0 Å². The van der Waals surface area contributed by atoms with Gasteiger partial charge in [-0.1, -0.05) is 26.0 Å². The fourth-order valence-corrected chi connectivity index (χ4v) is 2.32. The number of nitrogens with one attached hydrogen (secondary N) is 1. The summed E-state index contributed by atoms with van der Waals surface area (Å²) in [5.41, 5.74) is -0.149. The molecule has 0 unspecified atom stereocenters. The highest BCUT2D eigenvalue weighted by atomic mass is 19.1. The highest BCUT2D eigenvalue weighted by Crippen LogP contribution is 2.39. The van der Waals surface area contributed by atoms with Crippen molar-refractivity contribution >= 4 is 0 Å². The second kappa shape index (κ2) is 5.70. The van der Waals surface area contributed by atoms with E-state index in [0.717, 1.165) is 25.8 Å². The van der Waals surface area contributed by atoms with Gasteiger partial charge in [0.15, 0.2) is 11.6 Å². The molecule has 2 rings (SSSR count). The van der Waals surface area contributed by atoms with Gasteiger partial charge in [0.1, 0.15) is 5.60 Å². The molecule has 1 fully saturated rings. The molecule has 0 amide bonds. The summed E-state index contributed by atoms with van der Waals surface area (Å²) in [7, 11) is 0. The first-order chi connectivity index (χ1) is 8.61. The Morgan fingerprint density at radius 3 is 2.61 bits per heavy atom. The van der Waals surface area contributed by atoms with E-state index in [-0.39, 0.29) is 11.4 Å². The van der Waals surface area contributed by atoms with Gasteiger partial charge in [-0.3, -0.25) is 0 Å². The quantitative estimate of drug-likeness (QED) is 0.835. The van der Waals surface area contributed by atoms with E-state index in [4.69, 9.17) is 4.74 Å². The first kappa shape index (κ1) is 13.3. The standard InChI is InChI=1S/C15H22FNO/c1-12(2)17-11-10-15(8-5-9-15)18-14-7-4-3-6-13(14)16/h3-4,6-7,12,17H,5,8-11H2,1-2H3. The molecule has 0 saturated heterocycles. The van der Waals surface area contributed by atoms with Crippen LogP contribution in [0.25, 0.3) is 0 Å². The maximum Gasteiger partial charge on any atom is 0.165 e. The summed E-state index contributed by atoms with van der Waals surface area (Å²) >= 11 is 0. The van der Waals surface area contributed by atoms with Gasteiger partial charge in [-0.05, 0) is 44.4 Å². The second-order valence-electron chi connectivity index (χ2n) is 5.43. The molecule has 1 saturated carbocycles. The molecule has 0 atom stereocenters. The Balaban J connectivity index is 1.94. The normalized spacial score (nSPS) is 17.6. The van der Waals surface area contributed by atoms with Crippen molar-refractivity contribution in [2.45, 2.75) is 51.2 Å². The third-order valence-corrected chi connectivity index (χ3v) is 3.56. The van der Waals surface area contributed by atoms with Crippen LogP contribution in [0.1, 0.15) is 39.5 Å². The zero-order valence-electron chi connectivity index (χ0n) is 11.2. The fraction of sp³-hybridized carbons (Fsp3) is 0.600. The molecular weight excluding hydrogens is 229 g/mol. The minimum atomic E-state index is -0.263. The molecule has 0 bridgehead atoms. The number of ether oxygens (including phenoxy) is 1. The first-order valence-electron chi connectivity index (χ1n) is 6.78. The van der Waals surface area contributed by atoms with Crippen molar-refractivity contribution in [3.63, 3.8) is 0 Å². The highest BCUT2D eigenvalue weighted by molar-refractivity contribution is 5.25. The molecule has 1 aliphatic rings. The SMILES string of the molecule is CC(C)NCCC1(Oc2ccccc2F)CCC1. The van der Waals surface area contributed by atoms with E-state index in [1.165, 1.54) is 12.5 Å². The van der Waals surface area contributed by atoms with Crippen LogP contribution in [0.3, 0.4) is 0 Å². The van der Waals surface area contributed by atoms with Gasteiger partial charge < -0.3 is 10.1 Å². The maximum atomic E-state index is 13.6. The summed E-state index contributed by atoms with van der Waals surface area (Å²) in [4.78, 5) is 0. The lowest BCUT2D eigenvalue weighted by Gasteiger charge is -2.42. The molecule has 0 aromatic heterocycles. The largest absolute Gasteiger partial charge is 0.484 e. The predicted octanol–water partition coefficient (Wildman–Crippen LogP) is 3.52. The van der Waals surface area contributed by atoms with Gasteiger partial charge in [-0.2, -0.15) is 0 Å². The average molecular weight is 251 g/mol. The Labute approximate surface area is 109 Å². The number of hydrogen-bond donors (Lipinski definition) is 1. The summed E-state index contributed by atoms with van der Waals surface area (Å²) in [5, 5.41) is 3.40. The van der Waals surface area contributed by atoms with Gasteiger partial charge in [0, 0.05) is 6.04 Å². The summed E-state index contributed by atoms with van der Waals surface area (Å²) in [6.07, 6.45) is 4.18. The van der Waals surface area contributed by atoms with Crippen molar-refractivity contribution in [2.75, 3.05) is 6.54 Å². The zero-order valence-corrected chi connectivity index (χ0v) is 11.2. The van der Waals surface area contributed by atoms with Crippen molar-refractivity contribution in [1.82, 2.24) is 5.32 Å². The summed E-state index contributed by atoms with van der Waals surface area (Å²) in [5.74, 6) is 0.127. The minimum Gasteiger partial charge on any atom is -0.484 e. The van der Waals surface area contributed by atoms with Crippen LogP contribution in [-0.4, -0.2) is 18.2 Å². The Bertz CT molecular complexity index is 388. The van der Waals surface area contributed by atoms with Crippen molar-refractivity contribution < 1.29 is 9.13 Å². The van der Waals surface area contributed by atoms with E-state index in [9.17, 15) is 4.39 Å². The van der Waals surface area contributed by atoms with Gasteiger partial charge in [0.25, 0.3) is 0 Å². The number of benzene rings is 1. The van der Waals surface area contributed by atoms with Crippen LogP contribution in [-0.2, 0) is 0 Å². The fourth-order valence-electron chi connectivity index (χ4n) is 2.32. The molecule has 2 nitrogen and oxygen atoms in total. The molecule has 18 heavy (non-hydrogen) atoms. The molecule has 0 radical (unpaired) electrons. The number of para-hydroxylation sites is 1. The van der Waals surface area contributed by atoms with E-state index < -0.39 is 0 Å². The molecule has 1 N–H and O–H groups in total. The smallest absolute Gasteiger partial charge is 0.165 e. The van der Waals surface area contributed by atoms with E-state index >= 15 is 0 Å². The summed E-state index contributed by atoms with van der Waals surface area (Å²) < 4.78 is 19.5. The number of hydrogen-bond acceptors (Lipinski definition) is 2. The van der Waals surface area contributed by atoms with Crippen LogP contribution >= 0.6 is 0 Å². The van der Waals surface area contributed by atoms with E-state index in [0.29, 0.717) is 11.8 Å². The molecule has 0 heterocycles. The van der Waals surface area contributed by atoms with E-state index in [2.05, 4.69) is 19.2 Å². The molecule has 100 valence electrons. The molecule has 3 heteroatoms. The average Bonchev–Trinajstić information content (AvgIpc) is 2.28. The Morgan fingerprint density at radius 2 is 2.06 bits per heavy atom. The molecule has 0 spiro atoms. The monoisotopic (exact) mass is 251 g/mol. The van der Waals surface area contributed by atoms with Crippen molar-refractivity contribution in [3.8, 4) is 5.75 Å². The maximum absolute atomic E-state index is 13.6. The van der Waals surface area contributed by atoms with Crippen molar-refractivity contribution in [3.05, 3.63) is 30.1 Å². The topological polar surface area (TPSA) is 21.3 Å². The Hall–Kier alpha value is -1.09. The molecule has 1 aromatic rings. The number of halogens is 1. The van der Waals surface area contributed by atoms with Crippen molar-refractivity contribution in [2.24, 2.45) is 0 Å². The van der Waals surface area contributed by atoms with Gasteiger partial charge in [0.05, 0.1) is 0 Å². The number of rotatable bonds is 6. The van der Waals surface area contributed by atoms with Crippen LogP contribution in [0.5, 0.6) is 5.75 Å². The lowest BCUT2D eigenvalue weighted by atomic mass is 9.77. The lowest BCUT2D eigenvalue weighted by Crippen LogP contribution is -2.46. The van der Waals surface area contributed by atoms with Gasteiger partial charge >= 0.3 is 0 Å². The summed E-state index contributed by atoms with van der Waals surface area (Å²) in [6.45, 7) is 5.18. The Kier molecular flexibility index (Phi) is 4.23. The zero-order chi connectivity index (χ0) is 13.0. The van der Waals surface area contributed by atoms with Gasteiger partial charge in [0.2, 0.25) is 0 Å². The van der Waals surface area contributed by atoms with Crippen LogP contribution in [0.15, 0.2) is 24.3 Å². The van der Waals surface area contributed by atoms with Crippen LogP contribution in [0.4, 0.5) is 4.39 Å². The van der Waals surface area contributed by atoms with E-state index in [1.807, 2.05) is 6.07 Å². The summed E-state index contributed by atoms with van der Waals surface area (Å²) in [6, 6.07) is 7.16. The lowest BCUT2D eigenvalue weighted by molar-refractivity contribution is -0.0174. The van der Waals surface area contributed by atoms with Crippen molar-refractivity contribution in [1.29, 1.82) is 0 Å². The molecule has 1 aliphatic carbocycles. The minimum absolute atomic E-state index is 0.149. The second-order valence-corrected chi connectivity index (χ2v) is 5.43. The van der Waals surface area contributed by atoms with Crippen LogP contribution in [0, 0.1) is 5.82 Å². The molecule has 1 aromatic carbocycles. The highest BCUT2D eigenvalue weighted by Gasteiger charge is 2.39. The van der Waals surface area contributed by atoms with Gasteiger partial charge in [-0.25, -0.2) is 4.39 Å². The molecule has 0 aliphatic heterocycles. The molecular formula is C15H22FNO. The van der Waals surface area contributed by atoms with Gasteiger partial charge in [-0.15, -0.1) is 0 Å².